The fraction of sp³-hybridized carbons (Fsp3) is 0.562. The van der Waals surface area contributed by atoms with Crippen molar-refractivity contribution in [1.82, 2.24) is 5.32 Å². The van der Waals surface area contributed by atoms with E-state index in [9.17, 15) is 4.79 Å². The van der Waals surface area contributed by atoms with Crippen LogP contribution in [0, 0.1) is 5.92 Å². The minimum atomic E-state index is -0.0600. The average molecular weight is 275 g/mol. The number of anilines is 2. The zero-order valence-corrected chi connectivity index (χ0v) is 12.5. The van der Waals surface area contributed by atoms with Gasteiger partial charge in [0.05, 0.1) is 11.4 Å². The summed E-state index contributed by atoms with van der Waals surface area (Å²) in [5, 5.41) is 2.80. The standard InChI is InChI=1S/C16H25N3O/c1-3-18-16(20)13-6-7-15(14(17)11-13)19-9-4-5-12(2)8-10-19/h6-7,11-12H,3-5,8-10,17H2,1-2H3,(H,18,20). The molecule has 20 heavy (non-hydrogen) atoms. The van der Waals surface area contributed by atoms with Crippen LogP contribution < -0.4 is 16.0 Å². The first-order chi connectivity index (χ1) is 9.61. The molecule has 1 aromatic rings. The van der Waals surface area contributed by atoms with Gasteiger partial charge in [0.25, 0.3) is 5.91 Å². The van der Waals surface area contributed by atoms with Crippen LogP contribution in [-0.2, 0) is 0 Å². The van der Waals surface area contributed by atoms with Crippen LogP contribution in [0.1, 0.15) is 43.5 Å². The molecule has 1 unspecified atom stereocenters. The van der Waals surface area contributed by atoms with Crippen LogP contribution in [0.15, 0.2) is 18.2 Å². The number of nitrogens with two attached hydrogens (primary N) is 1. The lowest BCUT2D eigenvalue weighted by atomic mass is 10.0. The molecule has 1 amide bonds. The summed E-state index contributed by atoms with van der Waals surface area (Å²) < 4.78 is 0. The van der Waals surface area contributed by atoms with Crippen LogP contribution in [0.2, 0.25) is 0 Å². The van der Waals surface area contributed by atoms with E-state index in [1.807, 2.05) is 19.1 Å². The molecule has 3 N–H and O–H groups in total. The van der Waals surface area contributed by atoms with Crippen molar-refractivity contribution in [2.75, 3.05) is 30.3 Å². The second-order valence-electron chi connectivity index (χ2n) is 5.66. The number of carbonyl (C=O) groups is 1. The van der Waals surface area contributed by atoms with Gasteiger partial charge in [-0.05, 0) is 50.3 Å². The van der Waals surface area contributed by atoms with Crippen LogP contribution in [-0.4, -0.2) is 25.5 Å². The molecule has 1 aliphatic heterocycles. The number of nitrogens with one attached hydrogen (secondary N) is 1. The van der Waals surface area contributed by atoms with Crippen LogP contribution in [0.5, 0.6) is 0 Å². The molecular formula is C16H25N3O. The van der Waals surface area contributed by atoms with Crippen LogP contribution in [0.3, 0.4) is 0 Å². The van der Waals surface area contributed by atoms with Crippen molar-refractivity contribution in [3.8, 4) is 0 Å². The SMILES string of the molecule is CCNC(=O)c1ccc(N2CCCC(C)CC2)c(N)c1. The van der Waals surface area contributed by atoms with Crippen LogP contribution in [0.25, 0.3) is 0 Å². The van der Waals surface area contributed by atoms with Gasteiger partial charge < -0.3 is 16.0 Å². The highest BCUT2D eigenvalue weighted by molar-refractivity contribution is 5.96. The monoisotopic (exact) mass is 275 g/mol. The Bertz CT molecular complexity index is 473. The van der Waals surface area contributed by atoms with Gasteiger partial charge in [0.15, 0.2) is 0 Å². The normalized spacial score (nSPS) is 19.5. The van der Waals surface area contributed by atoms with Gasteiger partial charge in [-0.15, -0.1) is 0 Å². The van der Waals surface area contributed by atoms with Crippen molar-refractivity contribution in [2.24, 2.45) is 5.92 Å². The lowest BCUT2D eigenvalue weighted by molar-refractivity contribution is 0.0956. The molecule has 1 aromatic carbocycles. The zero-order valence-electron chi connectivity index (χ0n) is 12.5. The van der Waals surface area contributed by atoms with E-state index in [-0.39, 0.29) is 5.91 Å². The average Bonchev–Trinajstić information content (AvgIpc) is 2.64. The van der Waals surface area contributed by atoms with E-state index in [1.165, 1.54) is 19.3 Å². The molecule has 0 aliphatic carbocycles. The van der Waals surface area contributed by atoms with Crippen molar-refractivity contribution < 1.29 is 4.79 Å². The summed E-state index contributed by atoms with van der Waals surface area (Å²) in [6.45, 7) is 6.95. The third-order valence-electron chi connectivity index (χ3n) is 3.98. The summed E-state index contributed by atoms with van der Waals surface area (Å²) in [5.74, 6) is 0.728. The number of nitrogen functional groups attached to an aromatic ring is 1. The second-order valence-corrected chi connectivity index (χ2v) is 5.66. The molecule has 0 aromatic heterocycles. The third-order valence-corrected chi connectivity index (χ3v) is 3.98. The molecule has 110 valence electrons. The number of carbonyl (C=O) groups excluding carboxylic acids is 1. The van der Waals surface area contributed by atoms with Crippen molar-refractivity contribution in [2.45, 2.75) is 33.1 Å². The predicted octanol–water partition coefficient (Wildman–Crippen LogP) is 2.64. The fourth-order valence-corrected chi connectivity index (χ4v) is 2.75. The number of rotatable bonds is 3. The Kier molecular flexibility index (Phi) is 4.88. The lowest BCUT2D eigenvalue weighted by Gasteiger charge is -2.24. The van der Waals surface area contributed by atoms with Gasteiger partial charge in [-0.3, -0.25) is 4.79 Å². The molecule has 0 bridgehead atoms. The fourth-order valence-electron chi connectivity index (χ4n) is 2.75. The summed E-state index contributed by atoms with van der Waals surface area (Å²) in [6.07, 6.45) is 3.70. The summed E-state index contributed by atoms with van der Waals surface area (Å²) in [5.41, 5.74) is 8.55. The van der Waals surface area contributed by atoms with Gasteiger partial charge in [-0.2, -0.15) is 0 Å². The molecule has 4 heteroatoms. The van der Waals surface area contributed by atoms with E-state index < -0.39 is 0 Å². The second kappa shape index (κ2) is 6.64. The molecule has 2 rings (SSSR count). The van der Waals surface area contributed by atoms with Gasteiger partial charge in [0, 0.05) is 25.2 Å². The maximum Gasteiger partial charge on any atom is 0.251 e. The van der Waals surface area contributed by atoms with Crippen molar-refractivity contribution in [3.05, 3.63) is 23.8 Å². The Hall–Kier alpha value is -1.71. The minimum absolute atomic E-state index is 0.0600. The number of nitrogens with zero attached hydrogens (tertiary/aromatic N) is 1. The Labute approximate surface area is 121 Å². The van der Waals surface area contributed by atoms with Crippen LogP contribution >= 0.6 is 0 Å². The van der Waals surface area contributed by atoms with E-state index in [2.05, 4.69) is 17.1 Å². The number of hydrogen-bond acceptors (Lipinski definition) is 3. The summed E-state index contributed by atoms with van der Waals surface area (Å²) in [6, 6.07) is 5.63. The van der Waals surface area contributed by atoms with Crippen molar-refractivity contribution >= 4 is 17.3 Å². The van der Waals surface area contributed by atoms with Crippen LogP contribution in [0.4, 0.5) is 11.4 Å². The maximum absolute atomic E-state index is 11.8. The third kappa shape index (κ3) is 3.44. The van der Waals surface area contributed by atoms with Gasteiger partial charge >= 0.3 is 0 Å². The van der Waals surface area contributed by atoms with Crippen molar-refractivity contribution in [1.29, 1.82) is 0 Å². The number of hydrogen-bond donors (Lipinski definition) is 2. The summed E-state index contributed by atoms with van der Waals surface area (Å²) >= 11 is 0. The molecular weight excluding hydrogens is 250 g/mol. The van der Waals surface area contributed by atoms with E-state index in [0.29, 0.717) is 17.8 Å². The lowest BCUT2D eigenvalue weighted by Crippen LogP contribution is -2.26. The molecule has 0 spiro atoms. The topological polar surface area (TPSA) is 58.4 Å². The Morgan fingerprint density at radius 2 is 2.20 bits per heavy atom. The first-order valence-corrected chi connectivity index (χ1v) is 7.54. The Balaban J connectivity index is 2.14. The van der Waals surface area contributed by atoms with E-state index in [0.717, 1.165) is 24.7 Å². The van der Waals surface area contributed by atoms with Crippen molar-refractivity contribution in [3.63, 3.8) is 0 Å². The van der Waals surface area contributed by atoms with Gasteiger partial charge in [0.1, 0.15) is 0 Å². The highest BCUT2D eigenvalue weighted by Gasteiger charge is 2.17. The van der Waals surface area contributed by atoms with E-state index >= 15 is 0 Å². The summed E-state index contributed by atoms with van der Waals surface area (Å²) in [7, 11) is 0. The maximum atomic E-state index is 11.8. The van der Waals surface area contributed by atoms with Gasteiger partial charge in [-0.25, -0.2) is 0 Å². The summed E-state index contributed by atoms with van der Waals surface area (Å²) in [4.78, 5) is 14.1. The molecule has 1 atom stereocenters. The molecule has 1 saturated heterocycles. The highest BCUT2D eigenvalue weighted by Crippen LogP contribution is 2.28. The molecule has 0 radical (unpaired) electrons. The van der Waals surface area contributed by atoms with Gasteiger partial charge in [-0.1, -0.05) is 6.92 Å². The van der Waals surface area contributed by atoms with E-state index in [4.69, 9.17) is 5.73 Å². The molecule has 1 aliphatic rings. The highest BCUT2D eigenvalue weighted by atomic mass is 16.1. The molecule has 0 saturated carbocycles. The minimum Gasteiger partial charge on any atom is -0.397 e. The first kappa shape index (κ1) is 14.7. The predicted molar refractivity (Wildman–Crippen MR) is 84.1 cm³/mol. The smallest absolute Gasteiger partial charge is 0.251 e. The first-order valence-electron chi connectivity index (χ1n) is 7.54. The Morgan fingerprint density at radius 3 is 2.90 bits per heavy atom. The Morgan fingerprint density at radius 1 is 1.40 bits per heavy atom. The molecule has 1 heterocycles. The number of amides is 1. The largest absolute Gasteiger partial charge is 0.397 e. The zero-order chi connectivity index (χ0) is 14.5. The molecule has 4 nitrogen and oxygen atoms in total. The van der Waals surface area contributed by atoms with Gasteiger partial charge in [0.2, 0.25) is 0 Å². The quantitative estimate of drug-likeness (QED) is 0.834. The molecule has 1 fully saturated rings. The number of benzene rings is 1. The van der Waals surface area contributed by atoms with E-state index in [1.54, 1.807) is 6.07 Å².